The second kappa shape index (κ2) is 3.99. The van der Waals surface area contributed by atoms with Gasteiger partial charge in [0.05, 0.1) is 0 Å². The summed E-state index contributed by atoms with van der Waals surface area (Å²) < 4.78 is 25.6. The summed E-state index contributed by atoms with van der Waals surface area (Å²) in [5.41, 5.74) is 0.983. The molecular formula is C11H10F2. The fourth-order valence-electron chi connectivity index (χ4n) is 1.02. The summed E-state index contributed by atoms with van der Waals surface area (Å²) in [7, 11) is 0. The Hall–Kier alpha value is -1.44. The number of allylic oxidation sites excluding steroid dienone is 2. The molecule has 0 aromatic heterocycles. The van der Waals surface area contributed by atoms with E-state index in [1.54, 1.807) is 25.2 Å². The zero-order valence-corrected chi connectivity index (χ0v) is 7.35. The first kappa shape index (κ1) is 9.65. The predicted molar refractivity (Wildman–Crippen MR) is 50.3 cm³/mol. The molecule has 0 saturated heterocycles. The van der Waals surface area contributed by atoms with E-state index in [9.17, 15) is 8.78 Å². The minimum Gasteiger partial charge on any atom is -0.204 e. The predicted octanol–water partition coefficient (Wildman–Crippen LogP) is 3.47. The number of hydrogen-bond acceptors (Lipinski definition) is 0. The molecule has 0 unspecified atom stereocenters. The Labute approximate surface area is 76.2 Å². The summed E-state index contributed by atoms with van der Waals surface area (Å²) in [5, 5.41) is 0. The molecule has 0 amide bonds. The van der Waals surface area contributed by atoms with Crippen molar-refractivity contribution < 1.29 is 8.78 Å². The van der Waals surface area contributed by atoms with Crippen molar-refractivity contribution in [1.82, 2.24) is 0 Å². The SMILES string of the molecule is C=C/C=C\c1ccc(F)c(F)c1C. The third-order valence-corrected chi connectivity index (χ3v) is 1.79. The zero-order chi connectivity index (χ0) is 9.84. The van der Waals surface area contributed by atoms with E-state index in [-0.39, 0.29) is 0 Å². The number of rotatable bonds is 2. The summed E-state index contributed by atoms with van der Waals surface area (Å²) in [6, 6.07) is 2.65. The molecule has 0 fully saturated rings. The Morgan fingerprint density at radius 3 is 2.62 bits per heavy atom. The molecule has 0 aliphatic heterocycles. The van der Waals surface area contributed by atoms with E-state index in [1.807, 2.05) is 0 Å². The van der Waals surface area contributed by atoms with Gasteiger partial charge in [0.2, 0.25) is 0 Å². The summed E-state index contributed by atoms with van der Waals surface area (Å²) in [6.07, 6.45) is 4.95. The maximum atomic E-state index is 13.0. The molecule has 1 aromatic carbocycles. The largest absolute Gasteiger partial charge is 0.204 e. The molecular weight excluding hydrogens is 170 g/mol. The molecule has 13 heavy (non-hydrogen) atoms. The minimum absolute atomic E-state index is 0.318. The highest BCUT2D eigenvalue weighted by Gasteiger charge is 2.06. The highest BCUT2D eigenvalue weighted by molar-refractivity contribution is 5.55. The first-order valence-electron chi connectivity index (χ1n) is 3.90. The third kappa shape index (κ3) is 2.02. The molecule has 0 aliphatic rings. The summed E-state index contributed by atoms with van der Waals surface area (Å²) in [6.45, 7) is 5.03. The molecule has 0 heterocycles. The fourth-order valence-corrected chi connectivity index (χ4v) is 1.02. The average Bonchev–Trinajstić information content (AvgIpc) is 2.13. The normalized spacial score (nSPS) is 10.7. The Morgan fingerprint density at radius 1 is 1.31 bits per heavy atom. The highest BCUT2D eigenvalue weighted by atomic mass is 19.2. The van der Waals surface area contributed by atoms with Crippen LogP contribution in [0, 0.1) is 18.6 Å². The van der Waals surface area contributed by atoms with Crippen LogP contribution in [-0.4, -0.2) is 0 Å². The van der Waals surface area contributed by atoms with Gasteiger partial charge in [0.1, 0.15) is 0 Å². The van der Waals surface area contributed by atoms with Crippen molar-refractivity contribution in [3.63, 3.8) is 0 Å². The van der Waals surface area contributed by atoms with E-state index in [2.05, 4.69) is 6.58 Å². The fraction of sp³-hybridized carbons (Fsp3) is 0.0909. The van der Waals surface area contributed by atoms with Gasteiger partial charge in [0.15, 0.2) is 11.6 Å². The molecule has 68 valence electrons. The third-order valence-electron chi connectivity index (χ3n) is 1.79. The minimum atomic E-state index is -0.812. The van der Waals surface area contributed by atoms with Gasteiger partial charge in [-0.1, -0.05) is 30.9 Å². The number of benzene rings is 1. The van der Waals surface area contributed by atoms with E-state index in [0.29, 0.717) is 11.1 Å². The molecule has 0 radical (unpaired) electrons. The van der Waals surface area contributed by atoms with Crippen LogP contribution in [0.3, 0.4) is 0 Å². The molecule has 0 nitrogen and oxygen atoms in total. The standard InChI is InChI=1S/C11H10F2/c1-3-4-5-9-6-7-10(12)11(13)8(9)2/h3-7H,1H2,2H3/b5-4-. The van der Waals surface area contributed by atoms with Crippen LogP contribution in [0.25, 0.3) is 6.08 Å². The maximum Gasteiger partial charge on any atom is 0.162 e. The van der Waals surface area contributed by atoms with E-state index in [1.165, 1.54) is 6.07 Å². The number of hydrogen-bond donors (Lipinski definition) is 0. The Kier molecular flexibility index (Phi) is 2.96. The molecule has 2 heteroatoms. The molecule has 1 aromatic rings. The van der Waals surface area contributed by atoms with Crippen LogP contribution < -0.4 is 0 Å². The van der Waals surface area contributed by atoms with Gasteiger partial charge in [-0.2, -0.15) is 0 Å². The van der Waals surface area contributed by atoms with Gasteiger partial charge in [-0.3, -0.25) is 0 Å². The van der Waals surface area contributed by atoms with Crippen molar-refractivity contribution in [2.45, 2.75) is 6.92 Å². The highest BCUT2D eigenvalue weighted by Crippen LogP contribution is 2.16. The molecule has 0 aliphatic carbocycles. The smallest absolute Gasteiger partial charge is 0.162 e. The molecule has 0 spiro atoms. The first-order valence-corrected chi connectivity index (χ1v) is 3.90. The van der Waals surface area contributed by atoms with Crippen molar-refractivity contribution in [2.75, 3.05) is 0 Å². The van der Waals surface area contributed by atoms with E-state index < -0.39 is 11.6 Å². The second-order valence-corrected chi connectivity index (χ2v) is 2.67. The lowest BCUT2D eigenvalue weighted by Crippen LogP contribution is -1.91. The van der Waals surface area contributed by atoms with Crippen LogP contribution in [-0.2, 0) is 0 Å². The van der Waals surface area contributed by atoms with Crippen molar-refractivity contribution in [3.8, 4) is 0 Å². The number of halogens is 2. The van der Waals surface area contributed by atoms with E-state index >= 15 is 0 Å². The Balaban J connectivity index is 3.17. The molecule has 0 atom stereocenters. The van der Waals surface area contributed by atoms with Crippen LogP contribution in [0.2, 0.25) is 0 Å². The van der Waals surface area contributed by atoms with Crippen LogP contribution in [0.4, 0.5) is 8.78 Å². The second-order valence-electron chi connectivity index (χ2n) is 2.67. The monoisotopic (exact) mass is 180 g/mol. The summed E-state index contributed by atoms with van der Waals surface area (Å²) in [5.74, 6) is -1.60. The van der Waals surface area contributed by atoms with E-state index in [4.69, 9.17) is 0 Å². The van der Waals surface area contributed by atoms with Gasteiger partial charge >= 0.3 is 0 Å². The van der Waals surface area contributed by atoms with Gasteiger partial charge in [0.25, 0.3) is 0 Å². The molecule has 0 N–H and O–H groups in total. The van der Waals surface area contributed by atoms with Crippen LogP contribution >= 0.6 is 0 Å². The summed E-state index contributed by atoms with van der Waals surface area (Å²) >= 11 is 0. The van der Waals surface area contributed by atoms with Crippen LogP contribution in [0.1, 0.15) is 11.1 Å². The lowest BCUT2D eigenvalue weighted by molar-refractivity contribution is 0.503. The van der Waals surface area contributed by atoms with Gasteiger partial charge in [-0.05, 0) is 24.1 Å². The van der Waals surface area contributed by atoms with Crippen molar-refractivity contribution in [1.29, 1.82) is 0 Å². The summed E-state index contributed by atoms with van der Waals surface area (Å²) in [4.78, 5) is 0. The maximum absolute atomic E-state index is 13.0. The Morgan fingerprint density at radius 2 is 2.00 bits per heavy atom. The lowest BCUT2D eigenvalue weighted by Gasteiger charge is -2.01. The Bertz CT molecular complexity index is 351. The quantitative estimate of drug-likeness (QED) is 0.611. The van der Waals surface area contributed by atoms with Crippen LogP contribution in [0.5, 0.6) is 0 Å². The van der Waals surface area contributed by atoms with Crippen LogP contribution in [0.15, 0.2) is 30.9 Å². The van der Waals surface area contributed by atoms with Crippen molar-refractivity contribution in [3.05, 3.63) is 53.6 Å². The van der Waals surface area contributed by atoms with Crippen molar-refractivity contribution in [2.24, 2.45) is 0 Å². The van der Waals surface area contributed by atoms with E-state index in [0.717, 1.165) is 6.07 Å². The average molecular weight is 180 g/mol. The van der Waals surface area contributed by atoms with Crippen molar-refractivity contribution >= 4 is 6.08 Å². The molecule has 0 saturated carbocycles. The molecule has 1 rings (SSSR count). The topological polar surface area (TPSA) is 0 Å². The van der Waals surface area contributed by atoms with Gasteiger partial charge in [-0.25, -0.2) is 8.78 Å². The lowest BCUT2D eigenvalue weighted by atomic mass is 10.1. The zero-order valence-electron chi connectivity index (χ0n) is 7.35. The molecule has 0 bridgehead atoms. The van der Waals surface area contributed by atoms with Gasteiger partial charge in [-0.15, -0.1) is 0 Å². The van der Waals surface area contributed by atoms with Gasteiger partial charge in [0, 0.05) is 0 Å². The van der Waals surface area contributed by atoms with Gasteiger partial charge < -0.3 is 0 Å². The first-order chi connectivity index (χ1) is 6.16.